The lowest BCUT2D eigenvalue weighted by Crippen LogP contribution is -2.10. The van der Waals surface area contributed by atoms with Gasteiger partial charge in [-0.25, -0.2) is 0 Å². The molecule has 110 valence electrons. The van der Waals surface area contributed by atoms with Crippen molar-refractivity contribution in [1.29, 1.82) is 5.26 Å². The van der Waals surface area contributed by atoms with Gasteiger partial charge >= 0.3 is 0 Å². The molecule has 1 heterocycles. The molecule has 1 aromatic carbocycles. The van der Waals surface area contributed by atoms with Crippen molar-refractivity contribution in [2.45, 2.75) is 46.1 Å². The molecule has 0 spiro atoms. The molecule has 0 aliphatic carbocycles. The number of hydrogen-bond donors (Lipinski definition) is 0. The maximum atomic E-state index is 9.27. The zero-order chi connectivity index (χ0) is 15.6. The van der Waals surface area contributed by atoms with Gasteiger partial charge in [0, 0.05) is 5.41 Å². The smallest absolute Gasteiger partial charge is 0.151 e. The van der Waals surface area contributed by atoms with Gasteiger partial charge in [-0.1, -0.05) is 38.2 Å². The van der Waals surface area contributed by atoms with Crippen LogP contribution in [0.4, 0.5) is 0 Å². The minimum atomic E-state index is -0.0399. The van der Waals surface area contributed by atoms with Gasteiger partial charge in [0.2, 0.25) is 0 Å². The molecule has 0 saturated carbocycles. The first kappa shape index (κ1) is 15.5. The van der Waals surface area contributed by atoms with Crippen LogP contribution in [0.15, 0.2) is 18.2 Å². The Morgan fingerprint density at radius 1 is 1.24 bits per heavy atom. The third kappa shape index (κ3) is 3.40. The first-order valence-corrected chi connectivity index (χ1v) is 7.68. The van der Waals surface area contributed by atoms with Crippen LogP contribution in [0.3, 0.4) is 0 Å². The minimum absolute atomic E-state index is 0.00624. The fourth-order valence-electron chi connectivity index (χ4n) is 1.79. The molecular formula is C16H19N3OS. The number of nitrogens with zero attached hydrogens (tertiary/aromatic N) is 3. The monoisotopic (exact) mass is 301 g/mol. The highest BCUT2D eigenvalue weighted by molar-refractivity contribution is 7.14. The van der Waals surface area contributed by atoms with Crippen LogP contribution in [0.5, 0.6) is 5.75 Å². The predicted molar refractivity (Wildman–Crippen MR) is 84.5 cm³/mol. The summed E-state index contributed by atoms with van der Waals surface area (Å²) in [6.45, 7) is 10.2. The Balaban J connectivity index is 2.53. The Kier molecular flexibility index (Phi) is 4.29. The van der Waals surface area contributed by atoms with Crippen LogP contribution in [-0.2, 0) is 5.41 Å². The molecule has 0 fully saturated rings. The van der Waals surface area contributed by atoms with E-state index in [1.807, 2.05) is 26.0 Å². The second-order valence-electron chi connectivity index (χ2n) is 6.12. The molecule has 2 aromatic rings. The van der Waals surface area contributed by atoms with Gasteiger partial charge in [0.1, 0.15) is 16.8 Å². The summed E-state index contributed by atoms with van der Waals surface area (Å²) in [5.41, 5.74) is 1.31. The summed E-state index contributed by atoms with van der Waals surface area (Å²) in [5.74, 6) is 0.589. The molecule has 2 rings (SSSR count). The van der Waals surface area contributed by atoms with Crippen molar-refractivity contribution >= 4 is 11.3 Å². The quantitative estimate of drug-likeness (QED) is 0.854. The lowest BCUT2D eigenvalue weighted by atomic mass is 9.98. The van der Waals surface area contributed by atoms with E-state index in [-0.39, 0.29) is 11.5 Å². The van der Waals surface area contributed by atoms with Crippen molar-refractivity contribution in [3.63, 3.8) is 0 Å². The van der Waals surface area contributed by atoms with E-state index in [4.69, 9.17) is 4.74 Å². The molecule has 0 amide bonds. The van der Waals surface area contributed by atoms with E-state index >= 15 is 0 Å². The Hall–Kier alpha value is -1.93. The van der Waals surface area contributed by atoms with Gasteiger partial charge in [0.05, 0.1) is 17.2 Å². The average Bonchev–Trinajstić information content (AvgIpc) is 2.87. The molecular weight excluding hydrogens is 282 g/mol. The molecule has 1 aromatic heterocycles. The number of benzene rings is 1. The molecule has 0 atom stereocenters. The lowest BCUT2D eigenvalue weighted by Gasteiger charge is -2.14. The van der Waals surface area contributed by atoms with Gasteiger partial charge in [-0.3, -0.25) is 0 Å². The van der Waals surface area contributed by atoms with Gasteiger partial charge in [-0.15, -0.1) is 10.2 Å². The highest BCUT2D eigenvalue weighted by atomic mass is 32.1. The second kappa shape index (κ2) is 5.82. The van der Waals surface area contributed by atoms with Crippen LogP contribution in [0.2, 0.25) is 0 Å². The summed E-state index contributed by atoms with van der Waals surface area (Å²) in [6, 6.07) is 7.71. The number of hydrogen-bond acceptors (Lipinski definition) is 5. The number of nitriles is 1. The van der Waals surface area contributed by atoms with Crippen LogP contribution in [0.25, 0.3) is 10.6 Å². The molecule has 0 radical (unpaired) electrons. The molecule has 0 aliphatic rings. The third-order valence-electron chi connectivity index (χ3n) is 2.79. The maximum absolute atomic E-state index is 9.27. The van der Waals surface area contributed by atoms with Gasteiger partial charge in [0.15, 0.2) is 5.01 Å². The Labute approximate surface area is 129 Å². The SMILES string of the molecule is CC(C)Oc1c(C#N)cccc1-c1nnc(C(C)(C)C)s1. The Morgan fingerprint density at radius 2 is 1.95 bits per heavy atom. The van der Waals surface area contributed by atoms with Crippen molar-refractivity contribution in [3.8, 4) is 22.4 Å². The van der Waals surface area contributed by atoms with Crippen molar-refractivity contribution in [2.75, 3.05) is 0 Å². The largest absolute Gasteiger partial charge is 0.489 e. The molecule has 0 saturated heterocycles. The highest BCUT2D eigenvalue weighted by Gasteiger charge is 2.22. The van der Waals surface area contributed by atoms with Crippen molar-refractivity contribution in [3.05, 3.63) is 28.8 Å². The van der Waals surface area contributed by atoms with Gasteiger partial charge in [-0.05, 0) is 26.0 Å². The zero-order valence-corrected chi connectivity index (χ0v) is 13.8. The summed E-state index contributed by atoms with van der Waals surface area (Å²) in [6.07, 6.45) is -0.00624. The molecule has 21 heavy (non-hydrogen) atoms. The second-order valence-corrected chi connectivity index (χ2v) is 7.10. The fraction of sp³-hybridized carbons (Fsp3) is 0.438. The number of rotatable bonds is 3. The van der Waals surface area contributed by atoms with Crippen LogP contribution >= 0.6 is 11.3 Å². The number of aromatic nitrogens is 2. The minimum Gasteiger partial charge on any atom is -0.489 e. The maximum Gasteiger partial charge on any atom is 0.151 e. The fourth-order valence-corrected chi connectivity index (χ4v) is 2.71. The van der Waals surface area contributed by atoms with Gasteiger partial charge in [0.25, 0.3) is 0 Å². The predicted octanol–water partition coefficient (Wildman–Crippen LogP) is 4.16. The van der Waals surface area contributed by atoms with E-state index in [2.05, 4.69) is 37.0 Å². The van der Waals surface area contributed by atoms with Gasteiger partial charge in [-0.2, -0.15) is 5.26 Å². The summed E-state index contributed by atoms with van der Waals surface area (Å²) < 4.78 is 5.83. The summed E-state index contributed by atoms with van der Waals surface area (Å²) in [5, 5.41) is 19.6. The van der Waals surface area contributed by atoms with Crippen LogP contribution in [0.1, 0.15) is 45.2 Å². The standard InChI is InChI=1S/C16H19N3OS/c1-10(2)20-13-11(9-17)7-6-8-12(13)14-18-19-15(21-14)16(3,4)5/h6-8,10H,1-5H3. The first-order chi connectivity index (χ1) is 9.82. The molecule has 0 unspecified atom stereocenters. The first-order valence-electron chi connectivity index (χ1n) is 6.87. The molecule has 5 heteroatoms. The van der Waals surface area contributed by atoms with Crippen LogP contribution in [0, 0.1) is 11.3 Å². The average molecular weight is 301 g/mol. The van der Waals surface area contributed by atoms with Gasteiger partial charge < -0.3 is 4.74 Å². The van der Waals surface area contributed by atoms with E-state index in [1.165, 1.54) is 0 Å². The summed E-state index contributed by atoms with van der Waals surface area (Å²) in [4.78, 5) is 0. The molecule has 0 aliphatic heterocycles. The molecule has 0 bridgehead atoms. The summed E-state index contributed by atoms with van der Waals surface area (Å²) in [7, 11) is 0. The zero-order valence-electron chi connectivity index (χ0n) is 13.0. The highest BCUT2D eigenvalue weighted by Crippen LogP contribution is 2.37. The third-order valence-corrected chi connectivity index (χ3v) is 4.17. The van der Waals surface area contributed by atoms with Crippen LogP contribution < -0.4 is 4.74 Å². The van der Waals surface area contributed by atoms with Crippen molar-refractivity contribution in [2.24, 2.45) is 0 Å². The normalized spacial score (nSPS) is 11.5. The molecule has 0 N–H and O–H groups in total. The van der Waals surface area contributed by atoms with Crippen LogP contribution in [-0.4, -0.2) is 16.3 Å². The number of ether oxygens (including phenoxy) is 1. The van der Waals surface area contributed by atoms with Crippen molar-refractivity contribution in [1.82, 2.24) is 10.2 Å². The van der Waals surface area contributed by atoms with Crippen molar-refractivity contribution < 1.29 is 4.74 Å². The number of para-hydroxylation sites is 1. The summed E-state index contributed by atoms with van der Waals surface area (Å²) >= 11 is 1.54. The topological polar surface area (TPSA) is 58.8 Å². The Morgan fingerprint density at radius 3 is 2.48 bits per heavy atom. The van der Waals surface area contributed by atoms with E-state index in [1.54, 1.807) is 17.4 Å². The van der Waals surface area contributed by atoms with E-state index in [9.17, 15) is 5.26 Å². The van der Waals surface area contributed by atoms with E-state index < -0.39 is 0 Å². The Bertz CT molecular complexity index is 678. The molecule has 4 nitrogen and oxygen atoms in total. The van der Waals surface area contributed by atoms with E-state index in [0.29, 0.717) is 11.3 Å². The van der Waals surface area contributed by atoms with E-state index in [0.717, 1.165) is 15.6 Å². The lowest BCUT2D eigenvalue weighted by molar-refractivity contribution is 0.243.